The molecule has 1 atom stereocenters. The Kier molecular flexibility index (Phi) is 4.93. The highest BCUT2D eigenvalue weighted by molar-refractivity contribution is 7.18. The van der Waals surface area contributed by atoms with Crippen molar-refractivity contribution < 1.29 is 9.90 Å². The Bertz CT molecular complexity index is 1160. The number of aliphatic carboxylic acids is 1. The van der Waals surface area contributed by atoms with Crippen molar-refractivity contribution >= 4 is 27.5 Å². The molecular formula is C21H22N2O4S. The van der Waals surface area contributed by atoms with E-state index in [4.69, 9.17) is 0 Å². The number of thiophene rings is 1. The van der Waals surface area contributed by atoms with E-state index in [1.165, 1.54) is 11.3 Å². The van der Waals surface area contributed by atoms with Gasteiger partial charge in [-0.1, -0.05) is 37.3 Å². The summed E-state index contributed by atoms with van der Waals surface area (Å²) in [5, 5.41) is 9.75. The summed E-state index contributed by atoms with van der Waals surface area (Å²) in [6.07, 6.45) is 3.34. The first-order chi connectivity index (χ1) is 13.5. The number of carbonyl (C=O) groups is 1. The second-order valence-electron chi connectivity index (χ2n) is 7.49. The lowest BCUT2D eigenvalue weighted by Crippen LogP contribution is -2.41. The van der Waals surface area contributed by atoms with Crippen LogP contribution in [0.15, 0.2) is 39.9 Å². The molecule has 0 radical (unpaired) electrons. The van der Waals surface area contributed by atoms with E-state index in [9.17, 15) is 19.5 Å². The number of carboxylic acid groups (broad SMARTS) is 1. The summed E-state index contributed by atoms with van der Waals surface area (Å²) in [4.78, 5) is 39.1. The monoisotopic (exact) mass is 398 g/mol. The molecular weight excluding hydrogens is 376 g/mol. The third-order valence-electron chi connectivity index (χ3n) is 5.42. The number of carboxylic acids is 1. The van der Waals surface area contributed by atoms with E-state index in [2.05, 4.69) is 6.92 Å². The predicted molar refractivity (Wildman–Crippen MR) is 109 cm³/mol. The molecule has 1 aromatic carbocycles. The van der Waals surface area contributed by atoms with Crippen LogP contribution < -0.4 is 11.2 Å². The molecule has 0 unspecified atom stereocenters. The Morgan fingerprint density at radius 2 is 1.96 bits per heavy atom. The van der Waals surface area contributed by atoms with Crippen LogP contribution in [0.2, 0.25) is 0 Å². The second kappa shape index (κ2) is 7.39. The molecule has 0 amide bonds. The molecule has 146 valence electrons. The number of rotatable bonds is 5. The van der Waals surface area contributed by atoms with Crippen molar-refractivity contribution in [2.75, 3.05) is 0 Å². The van der Waals surface area contributed by atoms with Crippen LogP contribution in [0.5, 0.6) is 0 Å². The van der Waals surface area contributed by atoms with E-state index in [0.29, 0.717) is 29.1 Å². The van der Waals surface area contributed by atoms with Gasteiger partial charge in [0.05, 0.1) is 5.39 Å². The molecule has 1 N–H and O–H groups in total. The van der Waals surface area contributed by atoms with Crippen molar-refractivity contribution in [3.8, 4) is 0 Å². The Hall–Kier alpha value is -2.67. The van der Waals surface area contributed by atoms with E-state index in [1.807, 2.05) is 30.3 Å². The first kappa shape index (κ1) is 18.7. The first-order valence-electron chi connectivity index (χ1n) is 9.49. The lowest BCUT2D eigenvalue weighted by Gasteiger charge is -2.17. The zero-order valence-corrected chi connectivity index (χ0v) is 16.5. The minimum absolute atomic E-state index is 0.411. The van der Waals surface area contributed by atoms with Crippen molar-refractivity contribution in [3.05, 3.63) is 67.2 Å². The van der Waals surface area contributed by atoms with E-state index in [-0.39, 0.29) is 0 Å². The van der Waals surface area contributed by atoms with Crippen molar-refractivity contribution in [2.24, 2.45) is 5.92 Å². The SMILES string of the molecule is C[C@H]1CCc2c(sc3c2c(=O)n(CC(=O)O)c(=O)n3CCc2ccccc2)C1. The first-order valence-corrected chi connectivity index (χ1v) is 10.3. The fourth-order valence-corrected chi connectivity index (χ4v) is 5.48. The fourth-order valence-electron chi connectivity index (χ4n) is 3.96. The third-order valence-corrected chi connectivity index (χ3v) is 6.70. The fraction of sp³-hybridized carbons (Fsp3) is 0.381. The molecule has 1 aliphatic carbocycles. The molecule has 4 rings (SSSR count). The Morgan fingerprint density at radius 3 is 2.68 bits per heavy atom. The average Bonchev–Trinajstić information content (AvgIpc) is 3.04. The summed E-state index contributed by atoms with van der Waals surface area (Å²) < 4.78 is 2.47. The molecule has 3 aromatic rings. The van der Waals surface area contributed by atoms with Crippen LogP contribution in [-0.2, 0) is 37.1 Å². The molecule has 0 saturated heterocycles. The summed E-state index contributed by atoms with van der Waals surface area (Å²) in [5.41, 5.74) is 1.09. The number of nitrogens with zero attached hydrogens (tertiary/aromatic N) is 2. The Balaban J connectivity index is 1.90. The summed E-state index contributed by atoms with van der Waals surface area (Å²) in [6.45, 7) is 1.99. The number of benzene rings is 1. The van der Waals surface area contributed by atoms with Gasteiger partial charge in [0.15, 0.2) is 0 Å². The molecule has 2 aromatic heterocycles. The number of fused-ring (bicyclic) bond motifs is 3. The van der Waals surface area contributed by atoms with Gasteiger partial charge in [0.1, 0.15) is 11.4 Å². The van der Waals surface area contributed by atoms with Crippen LogP contribution in [0.3, 0.4) is 0 Å². The molecule has 0 fully saturated rings. The highest BCUT2D eigenvalue weighted by Crippen LogP contribution is 2.36. The topological polar surface area (TPSA) is 81.3 Å². The maximum absolute atomic E-state index is 13.0. The molecule has 1 aliphatic rings. The smallest absolute Gasteiger partial charge is 0.332 e. The van der Waals surface area contributed by atoms with Gasteiger partial charge in [-0.3, -0.25) is 14.2 Å². The van der Waals surface area contributed by atoms with Gasteiger partial charge in [-0.15, -0.1) is 11.3 Å². The second-order valence-corrected chi connectivity index (χ2v) is 8.57. The minimum Gasteiger partial charge on any atom is -0.480 e. The van der Waals surface area contributed by atoms with Crippen LogP contribution in [0.4, 0.5) is 0 Å². The van der Waals surface area contributed by atoms with Gasteiger partial charge in [-0.2, -0.15) is 0 Å². The van der Waals surface area contributed by atoms with Gasteiger partial charge in [0.25, 0.3) is 5.56 Å². The molecule has 6 nitrogen and oxygen atoms in total. The molecule has 0 aliphatic heterocycles. The van der Waals surface area contributed by atoms with Crippen LogP contribution in [0, 0.1) is 5.92 Å². The predicted octanol–water partition coefficient (Wildman–Crippen LogP) is 2.68. The highest BCUT2D eigenvalue weighted by atomic mass is 32.1. The maximum Gasteiger partial charge on any atom is 0.332 e. The van der Waals surface area contributed by atoms with Crippen LogP contribution >= 0.6 is 11.3 Å². The van der Waals surface area contributed by atoms with Crippen LogP contribution in [-0.4, -0.2) is 20.2 Å². The largest absolute Gasteiger partial charge is 0.480 e. The Morgan fingerprint density at radius 1 is 1.21 bits per heavy atom. The van der Waals surface area contributed by atoms with Crippen molar-refractivity contribution in [3.63, 3.8) is 0 Å². The van der Waals surface area contributed by atoms with Crippen molar-refractivity contribution in [2.45, 2.75) is 45.7 Å². The van der Waals surface area contributed by atoms with Crippen LogP contribution in [0.25, 0.3) is 10.2 Å². The zero-order chi connectivity index (χ0) is 19.8. The normalized spacial score (nSPS) is 16.2. The molecule has 0 saturated carbocycles. The van der Waals surface area contributed by atoms with Crippen molar-refractivity contribution in [1.29, 1.82) is 0 Å². The van der Waals surface area contributed by atoms with Crippen LogP contribution in [0.1, 0.15) is 29.3 Å². The van der Waals surface area contributed by atoms with Gasteiger partial charge in [-0.05, 0) is 42.7 Å². The molecule has 28 heavy (non-hydrogen) atoms. The summed E-state index contributed by atoms with van der Waals surface area (Å²) >= 11 is 1.52. The molecule has 2 heterocycles. The lowest BCUT2D eigenvalue weighted by atomic mass is 9.89. The number of aryl methyl sites for hydroxylation is 3. The van der Waals surface area contributed by atoms with Gasteiger partial charge in [-0.25, -0.2) is 9.36 Å². The van der Waals surface area contributed by atoms with Gasteiger partial charge in [0.2, 0.25) is 0 Å². The number of aromatic nitrogens is 2. The molecule has 7 heteroatoms. The summed E-state index contributed by atoms with van der Waals surface area (Å²) in [7, 11) is 0. The van der Waals surface area contributed by atoms with E-state index in [1.54, 1.807) is 4.57 Å². The van der Waals surface area contributed by atoms with Gasteiger partial charge in [0, 0.05) is 11.4 Å². The Labute approximate surface area is 165 Å². The standard InChI is InChI=1S/C21H22N2O4S/c1-13-7-8-15-16(11-13)28-20-18(15)19(26)23(12-17(24)25)21(27)22(20)10-9-14-5-3-2-4-6-14/h2-6,13H,7-12H2,1H3,(H,24,25)/t13-/m0/s1. The van der Waals surface area contributed by atoms with E-state index in [0.717, 1.165) is 39.8 Å². The van der Waals surface area contributed by atoms with Gasteiger partial charge < -0.3 is 5.11 Å². The molecule has 0 spiro atoms. The maximum atomic E-state index is 13.0. The van der Waals surface area contributed by atoms with E-state index < -0.39 is 23.8 Å². The zero-order valence-electron chi connectivity index (χ0n) is 15.7. The van der Waals surface area contributed by atoms with Gasteiger partial charge >= 0.3 is 11.7 Å². The highest BCUT2D eigenvalue weighted by Gasteiger charge is 2.26. The van der Waals surface area contributed by atoms with E-state index >= 15 is 0 Å². The summed E-state index contributed by atoms with van der Waals surface area (Å²) in [5.74, 6) is -0.642. The summed E-state index contributed by atoms with van der Waals surface area (Å²) in [6, 6.07) is 9.83. The minimum atomic E-state index is -1.19. The number of hydrogen-bond acceptors (Lipinski definition) is 4. The third kappa shape index (κ3) is 3.30. The average molecular weight is 398 g/mol. The number of hydrogen-bond donors (Lipinski definition) is 1. The quantitative estimate of drug-likeness (QED) is 0.716. The van der Waals surface area contributed by atoms with Crippen molar-refractivity contribution in [1.82, 2.24) is 9.13 Å². The molecule has 0 bridgehead atoms. The lowest BCUT2D eigenvalue weighted by molar-refractivity contribution is -0.137.